The third-order valence-electron chi connectivity index (χ3n) is 2.90. The molecule has 0 spiro atoms. The van der Waals surface area contributed by atoms with Crippen molar-refractivity contribution in [1.82, 2.24) is 5.32 Å². The second-order valence-corrected chi connectivity index (χ2v) is 6.37. The Labute approximate surface area is 142 Å². The van der Waals surface area contributed by atoms with Crippen LogP contribution in [0.2, 0.25) is 0 Å². The van der Waals surface area contributed by atoms with E-state index < -0.39 is 11.2 Å². The molecule has 126 valence electrons. The molecule has 0 bridgehead atoms. The number of amides is 2. The minimum absolute atomic E-state index is 0.0228. The molecule has 3 N–H and O–H groups in total. The molecule has 0 radical (unpaired) electrons. The van der Waals surface area contributed by atoms with Crippen molar-refractivity contribution in [1.29, 1.82) is 0 Å². The molecule has 1 atom stereocenters. The molecule has 0 saturated carbocycles. The number of rotatable bonds is 5. The normalized spacial score (nSPS) is 18.2. The highest BCUT2D eigenvalue weighted by atomic mass is 32.2. The summed E-state index contributed by atoms with van der Waals surface area (Å²) in [5.74, 6) is -1.68. The lowest BCUT2D eigenvalue weighted by atomic mass is 10.2. The first-order chi connectivity index (χ1) is 11.3. The quantitative estimate of drug-likeness (QED) is 0.552. The molecule has 0 aliphatic carbocycles. The van der Waals surface area contributed by atoms with Gasteiger partial charge in [-0.2, -0.15) is 5.10 Å². The van der Waals surface area contributed by atoms with Gasteiger partial charge in [-0.15, -0.1) is 5.10 Å². The molecule has 1 heterocycles. The maximum absolute atomic E-state index is 12.0. The van der Waals surface area contributed by atoms with E-state index in [1.54, 1.807) is 13.8 Å². The highest BCUT2D eigenvalue weighted by Crippen LogP contribution is 2.23. The van der Waals surface area contributed by atoms with Crippen LogP contribution < -0.4 is 10.6 Å². The molecule has 9 heteroatoms. The van der Waals surface area contributed by atoms with E-state index >= 15 is 0 Å². The third kappa shape index (κ3) is 4.92. The molecule has 1 fully saturated rings. The monoisotopic (exact) mass is 348 g/mol. The molecule has 8 nitrogen and oxygen atoms in total. The molecular weight excluding hydrogens is 332 g/mol. The van der Waals surface area contributed by atoms with Crippen LogP contribution in [-0.4, -0.2) is 39.0 Å². The van der Waals surface area contributed by atoms with Gasteiger partial charge < -0.3 is 15.7 Å². The number of hydrogen-bond acceptors (Lipinski definition) is 6. The van der Waals surface area contributed by atoms with Gasteiger partial charge in [0.25, 0.3) is 0 Å². The van der Waals surface area contributed by atoms with Crippen molar-refractivity contribution in [3.05, 3.63) is 29.8 Å². The molecule has 0 unspecified atom stereocenters. The van der Waals surface area contributed by atoms with Crippen molar-refractivity contribution in [2.24, 2.45) is 10.2 Å². The summed E-state index contributed by atoms with van der Waals surface area (Å²) in [5, 5.41) is 21.6. The zero-order valence-electron chi connectivity index (χ0n) is 13.1. The highest BCUT2D eigenvalue weighted by Gasteiger charge is 2.32. The molecule has 1 aliphatic heterocycles. The zero-order chi connectivity index (χ0) is 17.7. The number of carboxylic acids is 1. The number of carboxylic acid groups (broad SMARTS) is 1. The van der Waals surface area contributed by atoms with Gasteiger partial charge in [-0.25, -0.2) is 4.79 Å². The van der Waals surface area contributed by atoms with Crippen molar-refractivity contribution in [2.45, 2.75) is 25.5 Å². The molecule has 2 rings (SSSR count). The van der Waals surface area contributed by atoms with Crippen LogP contribution in [0.15, 0.2) is 34.5 Å². The molecule has 1 aliphatic rings. The average Bonchev–Trinajstić information content (AvgIpc) is 2.85. The summed E-state index contributed by atoms with van der Waals surface area (Å²) < 4.78 is 0. The summed E-state index contributed by atoms with van der Waals surface area (Å²) in [5.41, 5.74) is 1.35. The van der Waals surface area contributed by atoms with Crippen LogP contribution in [0.4, 0.5) is 5.69 Å². The summed E-state index contributed by atoms with van der Waals surface area (Å²) >= 11 is 1.15. The minimum atomic E-state index is -1.04. The fraction of sp³-hybridized carbons (Fsp3) is 0.267. The Balaban J connectivity index is 1.92. The van der Waals surface area contributed by atoms with Gasteiger partial charge in [-0.3, -0.25) is 9.59 Å². The molecular formula is C15H16N4O4S. The van der Waals surface area contributed by atoms with E-state index in [0.29, 0.717) is 10.9 Å². The van der Waals surface area contributed by atoms with Gasteiger partial charge in [0, 0.05) is 17.8 Å². The van der Waals surface area contributed by atoms with Crippen LogP contribution in [0.3, 0.4) is 0 Å². The Hall–Kier alpha value is -2.68. The Bertz CT molecular complexity index is 723. The Morgan fingerprint density at radius 3 is 2.54 bits per heavy atom. The van der Waals surface area contributed by atoms with Gasteiger partial charge in [0.2, 0.25) is 11.8 Å². The maximum atomic E-state index is 12.0. The van der Waals surface area contributed by atoms with E-state index in [0.717, 1.165) is 17.5 Å². The fourth-order valence-electron chi connectivity index (χ4n) is 1.81. The number of nitrogens with one attached hydrogen (secondary N) is 2. The lowest BCUT2D eigenvalue weighted by Crippen LogP contribution is -2.28. The Kier molecular flexibility index (Phi) is 5.69. The predicted octanol–water partition coefficient (Wildman–Crippen LogP) is 1.70. The summed E-state index contributed by atoms with van der Waals surface area (Å²) in [6, 6.07) is 5.78. The van der Waals surface area contributed by atoms with Crippen LogP contribution in [0.25, 0.3) is 0 Å². The summed E-state index contributed by atoms with van der Waals surface area (Å²) in [4.78, 5) is 34.6. The van der Waals surface area contributed by atoms with E-state index in [-0.39, 0.29) is 23.8 Å². The standard InChI is InChI=1S/C15H16N4O4S/c1-8(2)18-19-15-17-13(21)11(24-15)7-12(20)16-10-5-3-9(4-6-10)14(22)23/h3-6,11H,7H2,1-2H3,(H,16,20)(H,22,23)(H,17,19,21)/t11-/m1/s1. The molecule has 1 aromatic rings. The summed E-state index contributed by atoms with van der Waals surface area (Å²) in [6.07, 6.45) is -0.0228. The first-order valence-corrected chi connectivity index (χ1v) is 7.92. The topological polar surface area (TPSA) is 120 Å². The van der Waals surface area contributed by atoms with Crippen LogP contribution in [0.5, 0.6) is 0 Å². The van der Waals surface area contributed by atoms with Gasteiger partial charge in [0.1, 0.15) is 5.25 Å². The van der Waals surface area contributed by atoms with Gasteiger partial charge in [0.05, 0.1) is 5.56 Å². The van der Waals surface area contributed by atoms with Gasteiger partial charge in [0.15, 0.2) is 5.17 Å². The van der Waals surface area contributed by atoms with Crippen molar-refractivity contribution >= 4 is 46.1 Å². The smallest absolute Gasteiger partial charge is 0.335 e. The van der Waals surface area contributed by atoms with Crippen LogP contribution in [-0.2, 0) is 9.59 Å². The van der Waals surface area contributed by atoms with E-state index in [9.17, 15) is 14.4 Å². The number of thioether (sulfide) groups is 1. The van der Waals surface area contributed by atoms with E-state index in [1.165, 1.54) is 24.3 Å². The van der Waals surface area contributed by atoms with Crippen molar-refractivity contribution < 1.29 is 19.5 Å². The van der Waals surface area contributed by atoms with Gasteiger partial charge >= 0.3 is 5.97 Å². The SMILES string of the molecule is CC(C)=N/N=C1\NC(=O)[C@@H](CC(=O)Nc2ccc(C(=O)O)cc2)S1. The number of nitrogens with zero attached hydrogens (tertiary/aromatic N) is 2. The molecule has 0 aromatic heterocycles. The van der Waals surface area contributed by atoms with E-state index in [2.05, 4.69) is 20.8 Å². The maximum Gasteiger partial charge on any atom is 0.335 e. The Morgan fingerprint density at radius 2 is 1.96 bits per heavy atom. The number of benzene rings is 1. The number of carbonyl (C=O) groups excluding carboxylic acids is 2. The van der Waals surface area contributed by atoms with Crippen LogP contribution >= 0.6 is 11.8 Å². The van der Waals surface area contributed by atoms with Crippen LogP contribution in [0, 0.1) is 0 Å². The van der Waals surface area contributed by atoms with Crippen molar-refractivity contribution in [3.63, 3.8) is 0 Å². The zero-order valence-corrected chi connectivity index (χ0v) is 13.9. The summed E-state index contributed by atoms with van der Waals surface area (Å²) in [6.45, 7) is 3.57. The second kappa shape index (κ2) is 7.73. The molecule has 24 heavy (non-hydrogen) atoms. The minimum Gasteiger partial charge on any atom is -0.478 e. The number of hydrogen-bond donors (Lipinski definition) is 3. The molecule has 1 aromatic carbocycles. The van der Waals surface area contributed by atoms with Gasteiger partial charge in [-0.1, -0.05) is 11.8 Å². The largest absolute Gasteiger partial charge is 0.478 e. The second-order valence-electron chi connectivity index (χ2n) is 5.18. The fourth-order valence-corrected chi connectivity index (χ4v) is 2.73. The first-order valence-electron chi connectivity index (χ1n) is 7.04. The van der Waals surface area contributed by atoms with Crippen LogP contribution in [0.1, 0.15) is 30.6 Å². The molecule has 2 amide bonds. The van der Waals surface area contributed by atoms with Gasteiger partial charge in [-0.05, 0) is 38.1 Å². The van der Waals surface area contributed by atoms with E-state index in [4.69, 9.17) is 5.11 Å². The van der Waals surface area contributed by atoms with E-state index in [1.807, 2.05) is 0 Å². The summed E-state index contributed by atoms with van der Waals surface area (Å²) in [7, 11) is 0. The first kappa shape index (κ1) is 17.7. The number of anilines is 1. The molecule has 1 saturated heterocycles. The predicted molar refractivity (Wildman–Crippen MR) is 92.4 cm³/mol. The van der Waals surface area contributed by atoms with Crippen molar-refractivity contribution in [3.8, 4) is 0 Å². The van der Waals surface area contributed by atoms with Crippen molar-refractivity contribution in [2.75, 3.05) is 5.32 Å². The number of amidine groups is 1. The lowest BCUT2D eigenvalue weighted by Gasteiger charge is -2.07. The third-order valence-corrected chi connectivity index (χ3v) is 3.98. The lowest BCUT2D eigenvalue weighted by molar-refractivity contribution is -0.122. The number of carbonyl (C=O) groups is 3. The Morgan fingerprint density at radius 1 is 1.29 bits per heavy atom. The highest BCUT2D eigenvalue weighted by molar-refractivity contribution is 8.15. The average molecular weight is 348 g/mol. The number of aromatic carboxylic acids is 1.